The van der Waals surface area contributed by atoms with E-state index < -0.39 is 35.6 Å². The largest absolute Gasteiger partial charge is 0.478 e. The highest BCUT2D eigenvalue weighted by molar-refractivity contribution is 9.10. The van der Waals surface area contributed by atoms with Crippen LogP contribution in [0.15, 0.2) is 40.9 Å². The Hall–Kier alpha value is -3.53. The number of alkyl halides is 2. The maximum Gasteiger partial charge on any atom is 0.340 e. The molecule has 0 spiro atoms. The maximum atomic E-state index is 12.3. The van der Waals surface area contributed by atoms with E-state index >= 15 is 0 Å². The van der Waals surface area contributed by atoms with Gasteiger partial charge in [-0.15, -0.1) is 18.3 Å². The van der Waals surface area contributed by atoms with Crippen LogP contribution in [0.25, 0.3) is 0 Å². The first-order valence-corrected chi connectivity index (χ1v) is 11.3. The number of aromatic carboxylic acids is 3. The third-order valence-electron chi connectivity index (χ3n) is 3.78. The smallest absolute Gasteiger partial charge is 0.340 e. The topological polar surface area (TPSA) is 165 Å². The van der Waals surface area contributed by atoms with Crippen LogP contribution in [0.3, 0.4) is 0 Å². The average Bonchev–Trinajstić information content (AvgIpc) is 3.45. The lowest BCUT2D eigenvalue weighted by Crippen LogP contribution is -2.00. The fraction of sp³-hybridized carbons (Fsp3) is 0.263. The monoisotopic (exact) mass is 578 g/mol. The second kappa shape index (κ2) is 13.4. The van der Waals surface area contributed by atoms with Gasteiger partial charge in [-0.25, -0.2) is 23.2 Å². The van der Waals surface area contributed by atoms with Gasteiger partial charge in [0, 0.05) is 32.7 Å². The number of allylic oxidation sites excluding steroid dienone is 1. The van der Waals surface area contributed by atoms with E-state index in [1.165, 1.54) is 39.6 Å². The zero-order chi connectivity index (χ0) is 26.9. The highest BCUT2D eigenvalue weighted by Gasteiger charge is 2.22. The Labute approximate surface area is 210 Å². The Morgan fingerprint density at radius 1 is 1.00 bits per heavy atom. The number of carboxylic acid groups (broad SMARTS) is 3. The number of carboxylic acids is 3. The predicted molar refractivity (Wildman–Crippen MR) is 124 cm³/mol. The standard InChI is InChI=1S/C8H8F2N2O2.C6H8N2O2S.C5H5BrN2O2/c1-2-3-12-4-5(8(13)14)6(11-12)7(9)10;1-8-3-4(6(9)10)5(7-8)11-2;1-8-2-3(5(9)10)4(6)7-8/h2,4,7H,1,3H2,(H,13,14);3H,1-2H3,(H,9,10);2H,1H3,(H,9,10). The number of nitrogens with zero attached hydrogens (tertiary/aromatic N) is 6. The molecule has 0 amide bonds. The molecule has 0 saturated carbocycles. The molecule has 190 valence electrons. The molecule has 3 heterocycles. The molecule has 3 rings (SSSR count). The molecule has 3 N–H and O–H groups in total. The SMILES string of the molecule is C=CCn1cc(C(=O)O)c(C(F)F)n1.CSc1nn(C)cc1C(=O)O.Cn1cc(C(=O)O)c(Br)n1. The second-order valence-corrected chi connectivity index (χ2v) is 7.93. The van der Waals surface area contributed by atoms with Crippen LogP contribution in [0.2, 0.25) is 0 Å². The summed E-state index contributed by atoms with van der Waals surface area (Å²) in [6.45, 7) is 3.59. The average molecular weight is 579 g/mol. The summed E-state index contributed by atoms with van der Waals surface area (Å²) in [5, 5.41) is 37.4. The first-order valence-electron chi connectivity index (χ1n) is 9.25. The van der Waals surface area contributed by atoms with Gasteiger partial charge in [-0.05, 0) is 22.2 Å². The molecule has 12 nitrogen and oxygen atoms in total. The molecule has 0 saturated heterocycles. The summed E-state index contributed by atoms with van der Waals surface area (Å²) in [4.78, 5) is 31.4. The van der Waals surface area contributed by atoms with Crippen LogP contribution in [0.1, 0.15) is 43.2 Å². The van der Waals surface area contributed by atoms with Gasteiger partial charge >= 0.3 is 17.9 Å². The van der Waals surface area contributed by atoms with Gasteiger partial charge in [-0.1, -0.05) is 6.08 Å². The molecule has 0 aliphatic rings. The minimum absolute atomic E-state index is 0.183. The van der Waals surface area contributed by atoms with E-state index in [0.717, 1.165) is 10.9 Å². The first kappa shape index (κ1) is 29.5. The van der Waals surface area contributed by atoms with Gasteiger partial charge in [0.1, 0.15) is 32.0 Å². The van der Waals surface area contributed by atoms with Crippen LogP contribution >= 0.6 is 27.7 Å². The van der Waals surface area contributed by atoms with Crippen molar-refractivity contribution in [1.29, 1.82) is 0 Å². The molecule has 0 unspecified atom stereocenters. The minimum Gasteiger partial charge on any atom is -0.478 e. The number of halogens is 3. The lowest BCUT2D eigenvalue weighted by molar-refractivity contribution is 0.0677. The van der Waals surface area contributed by atoms with Crippen molar-refractivity contribution >= 4 is 45.6 Å². The van der Waals surface area contributed by atoms with Gasteiger partial charge in [-0.3, -0.25) is 14.0 Å². The number of hydrogen-bond donors (Lipinski definition) is 3. The van der Waals surface area contributed by atoms with E-state index in [0.29, 0.717) is 9.63 Å². The summed E-state index contributed by atoms with van der Waals surface area (Å²) in [5.74, 6) is -3.31. The molecule has 0 radical (unpaired) electrons. The van der Waals surface area contributed by atoms with Crippen molar-refractivity contribution in [3.63, 3.8) is 0 Å². The molecule has 0 aromatic carbocycles. The van der Waals surface area contributed by atoms with Gasteiger partial charge in [0.15, 0.2) is 0 Å². The van der Waals surface area contributed by atoms with Crippen molar-refractivity contribution < 1.29 is 38.5 Å². The molecule has 0 aliphatic carbocycles. The van der Waals surface area contributed by atoms with E-state index in [-0.39, 0.29) is 17.7 Å². The van der Waals surface area contributed by atoms with Crippen LogP contribution < -0.4 is 0 Å². The Bertz CT molecular complexity index is 1210. The Morgan fingerprint density at radius 3 is 1.83 bits per heavy atom. The lowest BCUT2D eigenvalue weighted by Gasteiger charge is -1.94. The first-order chi connectivity index (χ1) is 16.3. The third-order valence-corrected chi connectivity index (χ3v) is 5.05. The van der Waals surface area contributed by atoms with Gasteiger partial charge in [0.25, 0.3) is 6.43 Å². The number of thioether (sulfide) groups is 1. The summed E-state index contributed by atoms with van der Waals surface area (Å²) in [6, 6.07) is 0. The second-order valence-electron chi connectivity index (χ2n) is 6.39. The summed E-state index contributed by atoms with van der Waals surface area (Å²) < 4.78 is 29.0. The highest BCUT2D eigenvalue weighted by Crippen LogP contribution is 2.21. The van der Waals surface area contributed by atoms with E-state index in [1.807, 2.05) is 0 Å². The highest BCUT2D eigenvalue weighted by atomic mass is 79.9. The molecular weight excluding hydrogens is 558 g/mol. The zero-order valence-corrected chi connectivity index (χ0v) is 21.0. The summed E-state index contributed by atoms with van der Waals surface area (Å²) >= 11 is 4.34. The normalized spacial score (nSPS) is 10.1. The van der Waals surface area contributed by atoms with Crippen molar-refractivity contribution in [3.8, 4) is 0 Å². The molecular formula is C19H21BrF2N6O6S. The number of aryl methyl sites for hydroxylation is 2. The van der Waals surface area contributed by atoms with Crippen molar-refractivity contribution in [2.75, 3.05) is 6.26 Å². The number of hydrogen-bond acceptors (Lipinski definition) is 7. The van der Waals surface area contributed by atoms with Crippen LogP contribution in [-0.4, -0.2) is 68.8 Å². The fourth-order valence-electron chi connectivity index (χ4n) is 2.36. The molecule has 35 heavy (non-hydrogen) atoms. The van der Waals surface area contributed by atoms with Gasteiger partial charge in [0.2, 0.25) is 0 Å². The van der Waals surface area contributed by atoms with Crippen LogP contribution in [0.4, 0.5) is 8.78 Å². The van der Waals surface area contributed by atoms with Gasteiger partial charge in [-0.2, -0.15) is 15.3 Å². The van der Waals surface area contributed by atoms with Crippen molar-refractivity contribution in [2.24, 2.45) is 14.1 Å². The Morgan fingerprint density at radius 2 is 1.51 bits per heavy atom. The molecule has 3 aromatic rings. The number of rotatable bonds is 7. The van der Waals surface area contributed by atoms with Crippen LogP contribution in [0.5, 0.6) is 0 Å². The van der Waals surface area contributed by atoms with E-state index in [4.69, 9.17) is 15.3 Å². The molecule has 16 heteroatoms. The molecule has 0 atom stereocenters. The Balaban J connectivity index is 0.000000267. The van der Waals surface area contributed by atoms with Crippen LogP contribution in [0, 0.1) is 0 Å². The summed E-state index contributed by atoms with van der Waals surface area (Å²) in [5.41, 5.74) is -0.733. The van der Waals surface area contributed by atoms with Crippen molar-refractivity contribution in [2.45, 2.75) is 18.0 Å². The Kier molecular flexibility index (Phi) is 11.3. The quantitative estimate of drug-likeness (QED) is 0.279. The van der Waals surface area contributed by atoms with E-state index in [1.54, 1.807) is 20.4 Å². The lowest BCUT2D eigenvalue weighted by atomic mass is 10.2. The van der Waals surface area contributed by atoms with E-state index in [2.05, 4.69) is 37.8 Å². The van der Waals surface area contributed by atoms with Gasteiger partial charge < -0.3 is 15.3 Å². The summed E-state index contributed by atoms with van der Waals surface area (Å²) in [6.07, 6.45) is 4.35. The number of aromatic nitrogens is 6. The number of carbonyl (C=O) groups is 3. The summed E-state index contributed by atoms with van der Waals surface area (Å²) in [7, 11) is 3.36. The van der Waals surface area contributed by atoms with Gasteiger partial charge in [0.05, 0.1) is 6.54 Å². The van der Waals surface area contributed by atoms with Crippen molar-refractivity contribution in [3.05, 3.63) is 58.2 Å². The molecule has 0 bridgehead atoms. The minimum atomic E-state index is -2.88. The molecule has 0 fully saturated rings. The zero-order valence-electron chi connectivity index (χ0n) is 18.6. The predicted octanol–water partition coefficient (Wildman–Crippen LogP) is 3.43. The van der Waals surface area contributed by atoms with Crippen LogP contribution in [-0.2, 0) is 20.6 Å². The van der Waals surface area contributed by atoms with E-state index in [9.17, 15) is 23.2 Å². The molecule has 0 aliphatic heterocycles. The molecule has 3 aromatic heterocycles. The van der Waals surface area contributed by atoms with Crippen molar-refractivity contribution in [1.82, 2.24) is 29.3 Å². The fourth-order valence-corrected chi connectivity index (χ4v) is 3.45. The third kappa shape index (κ3) is 8.64. The maximum absolute atomic E-state index is 12.3.